The molecule has 0 aromatic heterocycles. The predicted molar refractivity (Wildman–Crippen MR) is 103 cm³/mol. The molecule has 0 aromatic carbocycles. The molecule has 3 N–H and O–H groups in total. The molecule has 27 heavy (non-hydrogen) atoms. The van der Waals surface area contributed by atoms with Crippen LogP contribution in [-0.2, 0) is 9.53 Å². The van der Waals surface area contributed by atoms with Gasteiger partial charge in [-0.25, -0.2) is 0 Å². The van der Waals surface area contributed by atoms with E-state index < -0.39 is 18.2 Å². The molecule has 0 saturated heterocycles. The molecule has 0 bridgehead atoms. The Hall–Kier alpha value is -1.17. The van der Waals surface area contributed by atoms with Crippen LogP contribution in [0.4, 0.5) is 0 Å². The van der Waals surface area contributed by atoms with E-state index in [-0.39, 0.29) is 23.9 Å². The Kier molecular flexibility index (Phi) is 6.77. The second-order valence-corrected chi connectivity index (χ2v) is 8.52. The van der Waals surface area contributed by atoms with Gasteiger partial charge in [-0.15, -0.1) is 0 Å². The Bertz CT molecular complexity index is 577. The van der Waals surface area contributed by atoms with Crippen LogP contribution in [0.25, 0.3) is 0 Å². The standard InChI is InChI=1S/C22H34O5/c1-27-22-13-12-20(24)17(10-11-19(23)15-6-3-2-4-7-15)18(22)14-16(22)8-5-9-21(25)26/h8,10-11,15,17-20,23-24H,2-7,9,12-14H2,1H3,(H,25,26)/b11-10+,16-8-/t17-,18-,19?,20-,22+/m0/s1. The minimum Gasteiger partial charge on any atom is -0.481 e. The Morgan fingerprint density at radius 2 is 2.04 bits per heavy atom. The van der Waals surface area contributed by atoms with Crippen molar-refractivity contribution in [3.05, 3.63) is 23.8 Å². The lowest BCUT2D eigenvalue weighted by Gasteiger charge is -2.58. The fourth-order valence-corrected chi connectivity index (χ4v) is 5.45. The summed E-state index contributed by atoms with van der Waals surface area (Å²) in [5.41, 5.74) is 0.803. The van der Waals surface area contributed by atoms with Crippen LogP contribution in [0.15, 0.2) is 23.8 Å². The summed E-state index contributed by atoms with van der Waals surface area (Å²) < 4.78 is 5.93. The highest BCUT2D eigenvalue weighted by atomic mass is 16.5. The molecular weight excluding hydrogens is 344 g/mol. The molecule has 5 atom stereocenters. The normalized spacial score (nSPS) is 37.1. The van der Waals surface area contributed by atoms with Crippen LogP contribution in [0.2, 0.25) is 0 Å². The van der Waals surface area contributed by atoms with Gasteiger partial charge in [0.15, 0.2) is 0 Å². The smallest absolute Gasteiger partial charge is 0.303 e. The molecule has 5 heteroatoms. The van der Waals surface area contributed by atoms with Gasteiger partial charge >= 0.3 is 5.97 Å². The van der Waals surface area contributed by atoms with Crippen LogP contribution in [0.5, 0.6) is 0 Å². The number of aliphatic carboxylic acids is 1. The number of carboxylic acids is 1. The highest BCUT2D eigenvalue weighted by Gasteiger charge is 2.57. The van der Waals surface area contributed by atoms with E-state index >= 15 is 0 Å². The van der Waals surface area contributed by atoms with Crippen molar-refractivity contribution in [3.63, 3.8) is 0 Å². The third-order valence-electron chi connectivity index (χ3n) is 7.08. The quantitative estimate of drug-likeness (QED) is 0.591. The fraction of sp³-hybridized carbons (Fsp3) is 0.773. The summed E-state index contributed by atoms with van der Waals surface area (Å²) in [4.78, 5) is 10.8. The van der Waals surface area contributed by atoms with E-state index in [0.29, 0.717) is 18.8 Å². The summed E-state index contributed by atoms with van der Waals surface area (Å²) >= 11 is 0. The number of carboxylic acid groups (broad SMARTS) is 1. The van der Waals surface area contributed by atoms with Gasteiger partial charge < -0.3 is 20.1 Å². The van der Waals surface area contributed by atoms with Crippen molar-refractivity contribution < 1.29 is 24.9 Å². The predicted octanol–water partition coefficient (Wildman–Crippen LogP) is 3.45. The van der Waals surface area contributed by atoms with E-state index in [0.717, 1.165) is 25.7 Å². The third-order valence-corrected chi connectivity index (χ3v) is 7.08. The molecule has 3 aliphatic carbocycles. The first kappa shape index (κ1) is 20.6. The van der Waals surface area contributed by atoms with E-state index in [1.54, 1.807) is 7.11 Å². The number of methoxy groups -OCH3 is 1. The summed E-state index contributed by atoms with van der Waals surface area (Å²) in [5.74, 6) is -0.271. The molecule has 0 spiro atoms. The van der Waals surface area contributed by atoms with Gasteiger partial charge in [0.05, 0.1) is 17.8 Å². The number of hydrogen-bond acceptors (Lipinski definition) is 4. The average molecular weight is 379 g/mol. The van der Waals surface area contributed by atoms with Crippen molar-refractivity contribution in [1.82, 2.24) is 0 Å². The minimum absolute atomic E-state index is 0.0198. The molecule has 0 amide bonds. The highest BCUT2D eigenvalue weighted by molar-refractivity contribution is 5.66. The number of rotatable bonds is 7. The van der Waals surface area contributed by atoms with Crippen molar-refractivity contribution in [2.24, 2.45) is 17.8 Å². The molecule has 3 rings (SSSR count). The summed E-state index contributed by atoms with van der Waals surface area (Å²) in [6.07, 6.45) is 13.8. The average Bonchev–Trinajstić information content (AvgIpc) is 2.66. The van der Waals surface area contributed by atoms with Gasteiger partial charge in [0, 0.05) is 25.4 Å². The zero-order valence-corrected chi connectivity index (χ0v) is 16.3. The molecule has 3 aliphatic rings. The zero-order chi connectivity index (χ0) is 19.4. The molecule has 0 radical (unpaired) electrons. The second-order valence-electron chi connectivity index (χ2n) is 8.52. The lowest BCUT2D eigenvalue weighted by molar-refractivity contribution is -0.141. The molecule has 0 aromatic rings. The Labute approximate surface area is 162 Å². The van der Waals surface area contributed by atoms with Crippen molar-refractivity contribution >= 4 is 5.97 Å². The number of carbonyl (C=O) groups is 1. The maximum Gasteiger partial charge on any atom is 0.303 e. The molecule has 0 aliphatic heterocycles. The third kappa shape index (κ3) is 4.30. The topological polar surface area (TPSA) is 87.0 Å². The summed E-state index contributed by atoms with van der Waals surface area (Å²) in [7, 11) is 1.71. The molecule has 3 saturated carbocycles. The van der Waals surface area contributed by atoms with Crippen molar-refractivity contribution in [1.29, 1.82) is 0 Å². The fourth-order valence-electron chi connectivity index (χ4n) is 5.45. The van der Waals surface area contributed by atoms with Crippen LogP contribution < -0.4 is 0 Å². The zero-order valence-electron chi connectivity index (χ0n) is 16.3. The van der Waals surface area contributed by atoms with Crippen LogP contribution in [0, 0.1) is 17.8 Å². The number of ether oxygens (including phenoxy) is 1. The number of hydrogen-bond donors (Lipinski definition) is 3. The largest absolute Gasteiger partial charge is 0.481 e. The van der Waals surface area contributed by atoms with Crippen LogP contribution in [0.3, 0.4) is 0 Å². The van der Waals surface area contributed by atoms with Gasteiger partial charge in [-0.1, -0.05) is 37.5 Å². The molecule has 0 heterocycles. The van der Waals surface area contributed by atoms with Gasteiger partial charge in [0.2, 0.25) is 0 Å². The second kappa shape index (κ2) is 8.89. The Balaban J connectivity index is 1.67. The van der Waals surface area contributed by atoms with Gasteiger partial charge in [-0.2, -0.15) is 0 Å². The first-order valence-electron chi connectivity index (χ1n) is 10.5. The monoisotopic (exact) mass is 378 g/mol. The minimum atomic E-state index is -0.786. The summed E-state index contributed by atoms with van der Waals surface area (Å²) in [6, 6.07) is 0. The molecule has 3 fully saturated rings. The molecular formula is C22H34O5. The Morgan fingerprint density at radius 3 is 2.70 bits per heavy atom. The summed E-state index contributed by atoms with van der Waals surface area (Å²) in [5, 5.41) is 30.0. The van der Waals surface area contributed by atoms with Crippen molar-refractivity contribution in [3.8, 4) is 0 Å². The van der Waals surface area contributed by atoms with Gasteiger partial charge in [-0.3, -0.25) is 4.79 Å². The van der Waals surface area contributed by atoms with E-state index in [4.69, 9.17) is 9.84 Å². The Morgan fingerprint density at radius 1 is 1.30 bits per heavy atom. The number of allylic oxidation sites excluding steroid dienone is 1. The van der Waals surface area contributed by atoms with Crippen molar-refractivity contribution in [2.75, 3.05) is 7.11 Å². The maximum absolute atomic E-state index is 10.8. The van der Waals surface area contributed by atoms with Gasteiger partial charge in [0.25, 0.3) is 0 Å². The lowest BCUT2D eigenvalue weighted by Crippen LogP contribution is -2.59. The van der Waals surface area contributed by atoms with Crippen LogP contribution >= 0.6 is 0 Å². The van der Waals surface area contributed by atoms with E-state index in [1.807, 2.05) is 18.2 Å². The van der Waals surface area contributed by atoms with Crippen molar-refractivity contribution in [2.45, 2.75) is 82.0 Å². The van der Waals surface area contributed by atoms with Crippen LogP contribution in [0.1, 0.15) is 64.2 Å². The van der Waals surface area contributed by atoms with E-state index in [9.17, 15) is 15.0 Å². The number of aliphatic hydroxyl groups excluding tert-OH is 2. The molecule has 152 valence electrons. The lowest BCUT2D eigenvalue weighted by atomic mass is 9.53. The molecule has 5 nitrogen and oxygen atoms in total. The van der Waals surface area contributed by atoms with Gasteiger partial charge in [-0.05, 0) is 50.0 Å². The first-order valence-corrected chi connectivity index (χ1v) is 10.5. The van der Waals surface area contributed by atoms with E-state index in [2.05, 4.69) is 0 Å². The first-order chi connectivity index (χ1) is 13.0. The number of aliphatic hydroxyl groups is 2. The highest BCUT2D eigenvalue weighted by Crippen LogP contribution is 2.57. The SMILES string of the molecule is CO[C@@]12CC[C@H](O)[C@@H](/C=C/C(O)C3CCCCC3)[C@@H]1C/C2=C/CCC(=O)O. The van der Waals surface area contributed by atoms with Crippen LogP contribution in [-0.4, -0.2) is 46.2 Å². The van der Waals surface area contributed by atoms with E-state index in [1.165, 1.54) is 24.8 Å². The van der Waals surface area contributed by atoms with Gasteiger partial charge in [0.1, 0.15) is 0 Å². The molecule has 1 unspecified atom stereocenters. The summed E-state index contributed by atoms with van der Waals surface area (Å²) in [6.45, 7) is 0. The number of fused-ring (bicyclic) bond motifs is 1. The maximum atomic E-state index is 10.8.